The zero-order valence-corrected chi connectivity index (χ0v) is 14.0. The molecule has 0 saturated carbocycles. The largest absolute Gasteiger partial charge is 0.496 e. The highest BCUT2D eigenvalue weighted by atomic mass is 32.1. The van der Waals surface area contributed by atoms with E-state index in [1.807, 2.05) is 58.2 Å². The Labute approximate surface area is 130 Å². The number of ether oxygens (including phenoxy) is 1. The van der Waals surface area contributed by atoms with Gasteiger partial charge in [-0.3, -0.25) is 4.79 Å². The zero-order chi connectivity index (χ0) is 15.6. The lowest BCUT2D eigenvalue weighted by Crippen LogP contribution is -2.29. The second kappa shape index (κ2) is 6.31. The van der Waals surface area contributed by atoms with Crippen LogP contribution in [0, 0.1) is 13.8 Å². The third-order valence-corrected chi connectivity index (χ3v) is 5.01. The third kappa shape index (κ3) is 3.10. The first kappa shape index (κ1) is 15.6. The minimum absolute atomic E-state index is 0.0450. The first-order chi connectivity index (χ1) is 9.95. The number of aryl methyl sites for hydroxylation is 2. The molecule has 0 radical (unpaired) electrons. The number of para-hydroxylation sites is 1. The molecule has 112 valence electrons. The number of nitrogens with zero attached hydrogens (tertiary/aromatic N) is 1. The van der Waals surface area contributed by atoms with Gasteiger partial charge in [-0.2, -0.15) is 0 Å². The molecule has 0 saturated heterocycles. The van der Waals surface area contributed by atoms with E-state index in [1.54, 1.807) is 23.3 Å². The minimum atomic E-state index is -0.0450. The van der Waals surface area contributed by atoms with Crippen LogP contribution in [0.3, 0.4) is 0 Å². The topological polar surface area (TPSA) is 29.5 Å². The molecule has 1 atom stereocenters. The molecular weight excluding hydrogens is 282 g/mol. The molecule has 0 aliphatic heterocycles. The van der Waals surface area contributed by atoms with Crippen LogP contribution in [0.25, 0.3) is 0 Å². The van der Waals surface area contributed by atoms with Crippen molar-refractivity contribution >= 4 is 17.2 Å². The molecule has 1 amide bonds. The van der Waals surface area contributed by atoms with Crippen LogP contribution < -0.4 is 4.74 Å². The van der Waals surface area contributed by atoms with Crippen molar-refractivity contribution in [1.29, 1.82) is 0 Å². The fourth-order valence-electron chi connectivity index (χ4n) is 2.25. The zero-order valence-electron chi connectivity index (χ0n) is 13.1. The highest BCUT2D eigenvalue weighted by Gasteiger charge is 2.22. The van der Waals surface area contributed by atoms with Crippen molar-refractivity contribution in [3.63, 3.8) is 0 Å². The Bertz CT molecular complexity index is 628. The lowest BCUT2D eigenvalue weighted by molar-refractivity contribution is 0.0746. The number of benzene rings is 1. The number of carbonyl (C=O) groups is 1. The van der Waals surface area contributed by atoms with Crippen LogP contribution in [0.15, 0.2) is 30.3 Å². The van der Waals surface area contributed by atoms with E-state index in [0.29, 0.717) is 0 Å². The van der Waals surface area contributed by atoms with Gasteiger partial charge in [-0.15, -0.1) is 11.3 Å². The summed E-state index contributed by atoms with van der Waals surface area (Å²) in [5, 5.41) is 0. The molecule has 2 rings (SSSR count). The van der Waals surface area contributed by atoms with E-state index in [9.17, 15) is 4.79 Å². The second-order valence-electron chi connectivity index (χ2n) is 5.18. The Morgan fingerprint density at radius 3 is 2.52 bits per heavy atom. The third-order valence-electron chi connectivity index (χ3n) is 3.87. The summed E-state index contributed by atoms with van der Waals surface area (Å²) in [6.45, 7) is 6.09. The van der Waals surface area contributed by atoms with Crippen LogP contribution in [-0.2, 0) is 0 Å². The maximum Gasteiger partial charge on any atom is 0.264 e. The molecule has 1 heterocycles. The van der Waals surface area contributed by atoms with Crippen molar-refractivity contribution in [3.8, 4) is 5.75 Å². The summed E-state index contributed by atoms with van der Waals surface area (Å²) < 4.78 is 5.39. The van der Waals surface area contributed by atoms with E-state index in [-0.39, 0.29) is 11.9 Å². The van der Waals surface area contributed by atoms with Crippen molar-refractivity contribution in [1.82, 2.24) is 4.90 Å². The Balaban J connectivity index is 2.26. The van der Waals surface area contributed by atoms with Crippen molar-refractivity contribution < 1.29 is 9.53 Å². The Hall–Kier alpha value is -1.81. The summed E-state index contributed by atoms with van der Waals surface area (Å²) in [4.78, 5) is 16.4. The summed E-state index contributed by atoms with van der Waals surface area (Å²) in [7, 11) is 3.49. The maximum atomic E-state index is 12.6. The van der Waals surface area contributed by atoms with Gasteiger partial charge < -0.3 is 9.64 Å². The van der Waals surface area contributed by atoms with Crippen LogP contribution in [0.4, 0.5) is 0 Å². The van der Waals surface area contributed by atoms with Crippen LogP contribution in [0.5, 0.6) is 5.75 Å². The predicted molar refractivity (Wildman–Crippen MR) is 87.3 cm³/mol. The van der Waals surface area contributed by atoms with E-state index in [4.69, 9.17) is 4.74 Å². The average Bonchev–Trinajstić information content (AvgIpc) is 2.84. The lowest BCUT2D eigenvalue weighted by atomic mass is 10.1. The molecule has 21 heavy (non-hydrogen) atoms. The minimum Gasteiger partial charge on any atom is -0.496 e. The van der Waals surface area contributed by atoms with Gasteiger partial charge in [0.05, 0.1) is 18.0 Å². The molecule has 4 heteroatoms. The molecule has 2 aromatic rings. The SMILES string of the molecule is COc1ccccc1[C@H](C)N(C)C(=O)c1cc(C)c(C)s1. The summed E-state index contributed by atoms with van der Waals surface area (Å²) in [5.41, 5.74) is 2.18. The molecular formula is C17H21NO2S. The number of carbonyl (C=O) groups excluding carboxylic acids is 1. The van der Waals surface area contributed by atoms with Crippen molar-refractivity contribution in [2.24, 2.45) is 0 Å². The normalized spacial score (nSPS) is 12.0. The van der Waals surface area contributed by atoms with E-state index < -0.39 is 0 Å². The van der Waals surface area contributed by atoms with Crippen LogP contribution in [-0.4, -0.2) is 25.0 Å². The molecule has 1 aromatic heterocycles. The van der Waals surface area contributed by atoms with Crippen molar-refractivity contribution in [3.05, 3.63) is 51.2 Å². The number of rotatable bonds is 4. The first-order valence-corrected chi connectivity index (χ1v) is 7.74. The number of thiophene rings is 1. The molecule has 0 aliphatic rings. The van der Waals surface area contributed by atoms with Gasteiger partial charge in [0.25, 0.3) is 5.91 Å². The fraction of sp³-hybridized carbons (Fsp3) is 0.353. The highest BCUT2D eigenvalue weighted by Crippen LogP contribution is 2.30. The van der Waals surface area contributed by atoms with Gasteiger partial charge in [0, 0.05) is 17.5 Å². The van der Waals surface area contributed by atoms with Crippen molar-refractivity contribution in [2.75, 3.05) is 14.2 Å². The highest BCUT2D eigenvalue weighted by molar-refractivity contribution is 7.14. The second-order valence-corrected chi connectivity index (χ2v) is 6.44. The van der Waals surface area contributed by atoms with Gasteiger partial charge >= 0.3 is 0 Å². The summed E-state index contributed by atoms with van der Waals surface area (Å²) in [5.74, 6) is 0.859. The fourth-order valence-corrected chi connectivity index (χ4v) is 3.27. The molecule has 1 aromatic carbocycles. The quantitative estimate of drug-likeness (QED) is 0.847. The summed E-state index contributed by atoms with van der Waals surface area (Å²) in [6.07, 6.45) is 0. The van der Waals surface area contributed by atoms with Gasteiger partial charge in [0.2, 0.25) is 0 Å². The molecule has 0 unspecified atom stereocenters. The number of amides is 1. The van der Waals surface area contributed by atoms with E-state index in [2.05, 4.69) is 0 Å². The summed E-state index contributed by atoms with van der Waals surface area (Å²) >= 11 is 1.55. The molecule has 0 bridgehead atoms. The molecule has 0 aliphatic carbocycles. The van der Waals surface area contributed by atoms with Gasteiger partial charge in [0.1, 0.15) is 5.75 Å². The predicted octanol–water partition coefficient (Wildman–Crippen LogP) is 4.21. The first-order valence-electron chi connectivity index (χ1n) is 6.92. The van der Waals surface area contributed by atoms with Gasteiger partial charge in [-0.25, -0.2) is 0 Å². The van der Waals surface area contributed by atoms with E-state index >= 15 is 0 Å². The maximum absolute atomic E-state index is 12.6. The van der Waals surface area contributed by atoms with Gasteiger partial charge in [0.15, 0.2) is 0 Å². The van der Waals surface area contributed by atoms with Crippen molar-refractivity contribution in [2.45, 2.75) is 26.8 Å². The van der Waals surface area contributed by atoms with Crippen LogP contribution in [0.2, 0.25) is 0 Å². The Kier molecular flexibility index (Phi) is 4.68. The number of hydrogen-bond acceptors (Lipinski definition) is 3. The Morgan fingerprint density at radius 2 is 1.95 bits per heavy atom. The number of methoxy groups -OCH3 is 1. The standard InChI is InChI=1S/C17H21NO2S/c1-11-10-16(21-13(11)3)17(19)18(4)12(2)14-8-6-7-9-15(14)20-5/h6-10,12H,1-5H3/t12-/m0/s1. The van der Waals surface area contributed by atoms with Crippen LogP contribution >= 0.6 is 11.3 Å². The molecule has 0 fully saturated rings. The molecule has 0 spiro atoms. The van der Waals surface area contributed by atoms with Crippen LogP contribution in [0.1, 0.15) is 38.6 Å². The average molecular weight is 303 g/mol. The monoisotopic (exact) mass is 303 g/mol. The summed E-state index contributed by atoms with van der Waals surface area (Å²) in [6, 6.07) is 9.74. The molecule has 0 N–H and O–H groups in total. The van der Waals surface area contributed by atoms with Gasteiger partial charge in [-0.1, -0.05) is 18.2 Å². The van der Waals surface area contributed by atoms with E-state index in [0.717, 1.165) is 16.2 Å². The van der Waals surface area contributed by atoms with E-state index in [1.165, 1.54) is 10.4 Å². The Morgan fingerprint density at radius 1 is 1.29 bits per heavy atom. The number of hydrogen-bond donors (Lipinski definition) is 0. The lowest BCUT2D eigenvalue weighted by Gasteiger charge is -2.26. The van der Waals surface area contributed by atoms with Gasteiger partial charge in [-0.05, 0) is 38.5 Å². The smallest absolute Gasteiger partial charge is 0.264 e. The molecule has 3 nitrogen and oxygen atoms in total.